The molecular formula is C24H26F6O2. The van der Waals surface area contributed by atoms with Gasteiger partial charge in [0, 0.05) is 12.2 Å². The summed E-state index contributed by atoms with van der Waals surface area (Å²) in [4.78, 5) is 0. The zero-order chi connectivity index (χ0) is 23.4. The highest BCUT2D eigenvalue weighted by atomic mass is 19.4. The van der Waals surface area contributed by atoms with Crippen LogP contribution in [0.3, 0.4) is 0 Å². The van der Waals surface area contributed by atoms with Crippen LogP contribution in [-0.4, -0.2) is 31.9 Å². The predicted molar refractivity (Wildman–Crippen MR) is 109 cm³/mol. The van der Waals surface area contributed by atoms with E-state index < -0.39 is 23.8 Å². The minimum Gasteiger partial charge on any atom is -0.356 e. The highest BCUT2D eigenvalue weighted by Crippen LogP contribution is 2.42. The standard InChI is InChI=1S/C24H26F6O2/c1-2-31-15-32-21-13-9-19(10-14-21)17-5-3-16(4-6-17)18-7-11-20(12-8-18)23(26,27)22(25)24(28,29)30/h3-8,11-12,19,21-22H,2,9-10,13-15H2,1H3. The molecule has 2 aromatic carbocycles. The molecule has 1 fully saturated rings. The summed E-state index contributed by atoms with van der Waals surface area (Å²) in [5.41, 5.74) is 1.47. The number of benzene rings is 2. The first-order valence-corrected chi connectivity index (χ1v) is 10.6. The number of alkyl halides is 6. The van der Waals surface area contributed by atoms with Crippen molar-refractivity contribution in [1.29, 1.82) is 0 Å². The fourth-order valence-electron chi connectivity index (χ4n) is 3.98. The minimum atomic E-state index is -5.63. The second-order valence-electron chi connectivity index (χ2n) is 7.98. The van der Waals surface area contributed by atoms with Crippen LogP contribution in [0.1, 0.15) is 49.7 Å². The van der Waals surface area contributed by atoms with Crippen LogP contribution in [0.2, 0.25) is 0 Å². The van der Waals surface area contributed by atoms with Crippen LogP contribution >= 0.6 is 0 Å². The molecule has 1 unspecified atom stereocenters. The van der Waals surface area contributed by atoms with Crippen molar-refractivity contribution in [2.75, 3.05) is 13.4 Å². The molecule has 0 saturated heterocycles. The molecule has 176 valence electrons. The van der Waals surface area contributed by atoms with Gasteiger partial charge in [0.05, 0.1) is 6.10 Å². The summed E-state index contributed by atoms with van der Waals surface area (Å²) in [6.07, 6.45) is -5.81. The SMILES string of the molecule is CCOCOC1CCC(c2ccc(-c3ccc(C(F)(F)C(F)C(F)(F)F)cc3)cc2)CC1. The second-order valence-corrected chi connectivity index (χ2v) is 7.98. The first kappa shape index (κ1) is 24.6. The van der Waals surface area contributed by atoms with E-state index in [1.165, 1.54) is 17.7 Å². The van der Waals surface area contributed by atoms with E-state index in [-0.39, 0.29) is 6.10 Å². The van der Waals surface area contributed by atoms with Crippen LogP contribution in [0.25, 0.3) is 11.1 Å². The van der Waals surface area contributed by atoms with Gasteiger partial charge in [-0.3, -0.25) is 0 Å². The Morgan fingerprint density at radius 2 is 1.38 bits per heavy atom. The molecule has 8 heteroatoms. The van der Waals surface area contributed by atoms with E-state index in [9.17, 15) is 26.3 Å². The van der Waals surface area contributed by atoms with E-state index in [1.54, 1.807) is 0 Å². The summed E-state index contributed by atoms with van der Waals surface area (Å²) < 4.78 is 89.0. The highest BCUT2D eigenvalue weighted by molar-refractivity contribution is 5.64. The van der Waals surface area contributed by atoms with Gasteiger partial charge in [-0.05, 0) is 55.2 Å². The summed E-state index contributed by atoms with van der Waals surface area (Å²) in [5.74, 6) is -4.24. The molecule has 1 aliphatic rings. The third kappa shape index (κ3) is 5.84. The lowest BCUT2D eigenvalue weighted by molar-refractivity contribution is -0.248. The molecule has 0 radical (unpaired) electrons. The van der Waals surface area contributed by atoms with E-state index in [0.29, 0.717) is 24.9 Å². The van der Waals surface area contributed by atoms with Crippen molar-refractivity contribution in [2.45, 2.75) is 62.9 Å². The molecule has 0 aliphatic heterocycles. The van der Waals surface area contributed by atoms with Gasteiger partial charge in [-0.25, -0.2) is 4.39 Å². The van der Waals surface area contributed by atoms with Crippen molar-refractivity contribution in [3.05, 3.63) is 59.7 Å². The fraction of sp³-hybridized carbons (Fsp3) is 0.500. The lowest BCUT2D eigenvalue weighted by atomic mass is 9.82. The molecule has 3 rings (SSSR count). The highest BCUT2D eigenvalue weighted by Gasteiger charge is 2.57. The van der Waals surface area contributed by atoms with Gasteiger partial charge in [0.25, 0.3) is 6.17 Å². The zero-order valence-electron chi connectivity index (χ0n) is 17.7. The maximum absolute atomic E-state index is 13.8. The lowest BCUT2D eigenvalue weighted by Gasteiger charge is -2.28. The lowest BCUT2D eigenvalue weighted by Crippen LogP contribution is -2.39. The van der Waals surface area contributed by atoms with Crippen LogP contribution in [-0.2, 0) is 15.4 Å². The molecule has 0 amide bonds. The van der Waals surface area contributed by atoms with Crippen molar-refractivity contribution in [3.8, 4) is 11.1 Å². The van der Waals surface area contributed by atoms with E-state index in [2.05, 4.69) is 0 Å². The Labute approximate surface area is 183 Å². The molecule has 0 N–H and O–H groups in total. The van der Waals surface area contributed by atoms with E-state index in [1.807, 2.05) is 31.2 Å². The predicted octanol–water partition coefficient (Wildman–Crippen LogP) is 7.38. The average Bonchev–Trinajstić information content (AvgIpc) is 2.79. The van der Waals surface area contributed by atoms with Crippen molar-refractivity contribution < 1.29 is 35.8 Å². The number of hydrogen-bond donors (Lipinski definition) is 0. The normalized spacial score (nSPS) is 20.8. The maximum atomic E-state index is 13.8. The quantitative estimate of drug-likeness (QED) is 0.232. The van der Waals surface area contributed by atoms with Gasteiger partial charge < -0.3 is 9.47 Å². The third-order valence-corrected chi connectivity index (χ3v) is 5.86. The zero-order valence-corrected chi connectivity index (χ0v) is 17.7. The molecule has 32 heavy (non-hydrogen) atoms. The molecule has 1 atom stereocenters. The molecule has 0 spiro atoms. The van der Waals surface area contributed by atoms with Crippen molar-refractivity contribution in [3.63, 3.8) is 0 Å². The largest absolute Gasteiger partial charge is 0.426 e. The summed E-state index contributed by atoms with van der Waals surface area (Å²) >= 11 is 0. The summed E-state index contributed by atoms with van der Waals surface area (Å²) in [6, 6.07) is 11.9. The topological polar surface area (TPSA) is 18.5 Å². The Bertz CT molecular complexity index is 840. The van der Waals surface area contributed by atoms with Gasteiger partial charge in [-0.15, -0.1) is 0 Å². The van der Waals surface area contributed by atoms with E-state index in [4.69, 9.17) is 9.47 Å². The van der Waals surface area contributed by atoms with Crippen molar-refractivity contribution >= 4 is 0 Å². The van der Waals surface area contributed by atoms with Crippen molar-refractivity contribution in [1.82, 2.24) is 0 Å². The molecule has 2 nitrogen and oxygen atoms in total. The van der Waals surface area contributed by atoms with E-state index in [0.717, 1.165) is 43.4 Å². The van der Waals surface area contributed by atoms with E-state index >= 15 is 0 Å². The summed E-state index contributed by atoms with van der Waals surface area (Å²) in [7, 11) is 0. The molecule has 0 aromatic heterocycles. The number of hydrogen-bond acceptors (Lipinski definition) is 2. The molecule has 0 bridgehead atoms. The van der Waals surface area contributed by atoms with Gasteiger partial charge in [0.1, 0.15) is 6.79 Å². The molecule has 1 saturated carbocycles. The smallest absolute Gasteiger partial charge is 0.356 e. The Balaban J connectivity index is 1.62. The first-order chi connectivity index (χ1) is 15.1. The Hall–Kier alpha value is -2.06. The van der Waals surface area contributed by atoms with Crippen LogP contribution in [0.5, 0.6) is 0 Å². The number of ether oxygens (including phenoxy) is 2. The van der Waals surface area contributed by atoms with Crippen LogP contribution in [0, 0.1) is 0 Å². The summed E-state index contributed by atoms with van der Waals surface area (Å²) in [5, 5.41) is 0. The molecule has 1 aliphatic carbocycles. The number of halogens is 6. The first-order valence-electron chi connectivity index (χ1n) is 10.6. The number of rotatable bonds is 8. The van der Waals surface area contributed by atoms with Gasteiger partial charge in [0.2, 0.25) is 0 Å². The Morgan fingerprint density at radius 3 is 1.88 bits per heavy atom. The van der Waals surface area contributed by atoms with Gasteiger partial charge in [0.15, 0.2) is 0 Å². The molecule has 2 aromatic rings. The van der Waals surface area contributed by atoms with Crippen LogP contribution in [0.4, 0.5) is 26.3 Å². The van der Waals surface area contributed by atoms with Crippen LogP contribution < -0.4 is 0 Å². The molecule has 0 heterocycles. The fourth-order valence-corrected chi connectivity index (χ4v) is 3.98. The maximum Gasteiger partial charge on any atom is 0.426 e. The average molecular weight is 460 g/mol. The Morgan fingerprint density at radius 1 is 0.844 bits per heavy atom. The van der Waals surface area contributed by atoms with Gasteiger partial charge >= 0.3 is 12.1 Å². The summed E-state index contributed by atoms with van der Waals surface area (Å²) in [6.45, 7) is 2.85. The molecular weight excluding hydrogens is 434 g/mol. The van der Waals surface area contributed by atoms with Gasteiger partial charge in [-0.2, -0.15) is 22.0 Å². The second kappa shape index (κ2) is 10.3. The monoisotopic (exact) mass is 460 g/mol. The van der Waals surface area contributed by atoms with Crippen molar-refractivity contribution in [2.24, 2.45) is 0 Å². The Kier molecular flexibility index (Phi) is 7.88. The van der Waals surface area contributed by atoms with Crippen LogP contribution in [0.15, 0.2) is 48.5 Å². The minimum absolute atomic E-state index is 0.204. The van der Waals surface area contributed by atoms with Gasteiger partial charge in [-0.1, -0.05) is 48.5 Å². The third-order valence-electron chi connectivity index (χ3n) is 5.86.